The van der Waals surface area contributed by atoms with Gasteiger partial charge in [0, 0.05) is 6.07 Å². The third-order valence-corrected chi connectivity index (χ3v) is 6.87. The number of benzene rings is 2. The number of phenols is 1. The van der Waals surface area contributed by atoms with Crippen LogP contribution < -0.4 is 4.74 Å². The molecule has 0 aliphatic heterocycles. The molecule has 1 fully saturated rings. The lowest BCUT2D eigenvalue weighted by molar-refractivity contribution is 0.0693. The monoisotopic (exact) mass is 404 g/mol. The minimum atomic E-state index is -3.52. The van der Waals surface area contributed by atoms with Gasteiger partial charge in [0.25, 0.3) is 0 Å². The molecule has 3 rings (SSSR count). The number of aromatic hydroxyl groups is 1. The molecule has 1 aliphatic carbocycles. The zero-order valence-electron chi connectivity index (χ0n) is 15.5. The quantitative estimate of drug-likeness (QED) is 0.724. The van der Waals surface area contributed by atoms with Crippen molar-refractivity contribution in [3.8, 4) is 11.5 Å². The fraction of sp³-hybridized carbons (Fsp3) is 0.381. The Hall–Kier alpha value is -2.54. The molecule has 7 heteroatoms. The summed E-state index contributed by atoms with van der Waals surface area (Å²) in [6, 6.07) is 11.0. The summed E-state index contributed by atoms with van der Waals surface area (Å²) in [5.41, 5.74) is 0.659. The Kier molecular flexibility index (Phi) is 6.24. The second-order valence-corrected chi connectivity index (χ2v) is 9.10. The van der Waals surface area contributed by atoms with E-state index in [-0.39, 0.29) is 29.6 Å². The van der Waals surface area contributed by atoms with Crippen LogP contribution in [0.25, 0.3) is 0 Å². The molecule has 2 N–H and O–H groups in total. The molecule has 0 atom stereocenters. The highest BCUT2D eigenvalue weighted by molar-refractivity contribution is 7.91. The van der Waals surface area contributed by atoms with E-state index in [0.717, 1.165) is 31.2 Å². The molecule has 0 spiro atoms. The van der Waals surface area contributed by atoms with Gasteiger partial charge < -0.3 is 14.9 Å². The molecule has 0 unspecified atom stereocenters. The van der Waals surface area contributed by atoms with E-state index in [1.165, 1.54) is 24.6 Å². The molecule has 0 saturated heterocycles. The Morgan fingerprint density at radius 1 is 1.07 bits per heavy atom. The Morgan fingerprint density at radius 3 is 2.46 bits per heavy atom. The van der Waals surface area contributed by atoms with Gasteiger partial charge in [-0.05, 0) is 42.5 Å². The number of carboxylic acids is 1. The van der Waals surface area contributed by atoms with Crippen molar-refractivity contribution < 1.29 is 28.2 Å². The third-order valence-electron chi connectivity index (χ3n) is 5.12. The number of ether oxygens (including phenoxy) is 1. The van der Waals surface area contributed by atoms with Crippen molar-refractivity contribution in [2.24, 2.45) is 0 Å². The van der Waals surface area contributed by atoms with Crippen LogP contribution in [0.2, 0.25) is 0 Å². The molecule has 1 aliphatic rings. The predicted molar refractivity (Wildman–Crippen MR) is 105 cm³/mol. The molecule has 28 heavy (non-hydrogen) atoms. The van der Waals surface area contributed by atoms with Gasteiger partial charge in [-0.1, -0.05) is 37.5 Å². The van der Waals surface area contributed by atoms with Crippen molar-refractivity contribution in [2.45, 2.75) is 42.9 Å². The van der Waals surface area contributed by atoms with E-state index in [2.05, 4.69) is 0 Å². The maximum Gasteiger partial charge on any atom is 0.339 e. The summed E-state index contributed by atoms with van der Waals surface area (Å²) in [5.74, 6) is -1.36. The molecule has 0 heterocycles. The van der Waals surface area contributed by atoms with Crippen LogP contribution in [-0.2, 0) is 9.84 Å². The van der Waals surface area contributed by atoms with Crippen LogP contribution in [0.4, 0.5) is 0 Å². The standard InChI is InChI=1S/C21H24O6S/c22-19-14-16(10-11-18(19)21(23)24)27-12-13-28(25,26)20-9-5-4-8-17(20)15-6-2-1-3-7-15/h4-5,8-11,14-15,22H,1-3,6-7,12-13H2,(H,23,24). The van der Waals surface area contributed by atoms with Crippen molar-refractivity contribution in [2.75, 3.05) is 12.4 Å². The summed E-state index contributed by atoms with van der Waals surface area (Å²) >= 11 is 0. The lowest BCUT2D eigenvalue weighted by Gasteiger charge is -2.24. The minimum Gasteiger partial charge on any atom is -0.507 e. The Labute approximate surface area is 164 Å². The average Bonchev–Trinajstić information content (AvgIpc) is 2.68. The molecule has 0 amide bonds. The fourth-order valence-corrected chi connectivity index (χ4v) is 5.08. The molecule has 0 bridgehead atoms. The first kappa shape index (κ1) is 20.2. The molecule has 0 radical (unpaired) electrons. The van der Waals surface area contributed by atoms with Crippen molar-refractivity contribution in [1.29, 1.82) is 0 Å². The van der Waals surface area contributed by atoms with Crippen molar-refractivity contribution in [1.82, 2.24) is 0 Å². The van der Waals surface area contributed by atoms with Gasteiger partial charge in [0.05, 0.1) is 10.6 Å². The number of carboxylic acid groups (broad SMARTS) is 1. The van der Waals surface area contributed by atoms with E-state index >= 15 is 0 Å². The lowest BCUT2D eigenvalue weighted by atomic mass is 9.84. The normalized spacial score (nSPS) is 15.3. The summed E-state index contributed by atoms with van der Waals surface area (Å²) in [6.45, 7) is -0.0901. The molecule has 6 nitrogen and oxygen atoms in total. The van der Waals surface area contributed by atoms with Gasteiger partial charge in [-0.3, -0.25) is 0 Å². The Morgan fingerprint density at radius 2 is 1.79 bits per heavy atom. The van der Waals surface area contributed by atoms with Crippen LogP contribution in [0.1, 0.15) is 53.9 Å². The van der Waals surface area contributed by atoms with Crippen molar-refractivity contribution >= 4 is 15.8 Å². The SMILES string of the molecule is O=C(O)c1ccc(OCCS(=O)(=O)c2ccccc2C2CCCCC2)cc1O. The summed E-state index contributed by atoms with van der Waals surface area (Å²) < 4.78 is 31.2. The van der Waals surface area contributed by atoms with E-state index < -0.39 is 21.6 Å². The van der Waals surface area contributed by atoms with Crippen LogP contribution in [0.5, 0.6) is 11.5 Å². The fourth-order valence-electron chi connectivity index (χ4n) is 3.68. The molecular formula is C21H24O6S. The zero-order valence-corrected chi connectivity index (χ0v) is 16.3. The van der Waals surface area contributed by atoms with Crippen LogP contribution in [0, 0.1) is 0 Å². The van der Waals surface area contributed by atoms with Crippen LogP contribution in [-0.4, -0.2) is 37.0 Å². The molecule has 0 aromatic heterocycles. The number of rotatable bonds is 7. The van der Waals surface area contributed by atoms with Crippen molar-refractivity contribution in [3.63, 3.8) is 0 Å². The van der Waals surface area contributed by atoms with E-state index in [0.29, 0.717) is 4.90 Å². The number of sulfone groups is 1. The third kappa shape index (κ3) is 4.65. The Bertz CT molecular complexity index is 945. The van der Waals surface area contributed by atoms with Crippen LogP contribution >= 0.6 is 0 Å². The summed E-state index contributed by atoms with van der Waals surface area (Å²) in [5, 5.41) is 18.6. The zero-order chi connectivity index (χ0) is 20.1. The highest BCUT2D eigenvalue weighted by Crippen LogP contribution is 2.36. The maximum atomic E-state index is 12.9. The smallest absolute Gasteiger partial charge is 0.339 e. The van der Waals surface area contributed by atoms with E-state index in [1.54, 1.807) is 12.1 Å². The van der Waals surface area contributed by atoms with Crippen LogP contribution in [0.15, 0.2) is 47.4 Å². The van der Waals surface area contributed by atoms with E-state index in [1.807, 2.05) is 12.1 Å². The number of carbonyl (C=O) groups is 1. The number of hydrogen-bond acceptors (Lipinski definition) is 5. The molecular weight excluding hydrogens is 380 g/mol. The largest absolute Gasteiger partial charge is 0.507 e. The predicted octanol–water partition coefficient (Wildman–Crippen LogP) is 3.99. The highest BCUT2D eigenvalue weighted by atomic mass is 32.2. The molecule has 1 saturated carbocycles. The average molecular weight is 404 g/mol. The maximum absolute atomic E-state index is 12.9. The van der Waals surface area contributed by atoms with Gasteiger partial charge in [0.2, 0.25) is 0 Å². The summed E-state index contributed by atoms with van der Waals surface area (Å²) in [6.07, 6.45) is 5.47. The first-order chi connectivity index (χ1) is 13.4. The first-order valence-electron chi connectivity index (χ1n) is 9.39. The summed E-state index contributed by atoms with van der Waals surface area (Å²) in [4.78, 5) is 11.3. The van der Waals surface area contributed by atoms with Gasteiger partial charge in [0.15, 0.2) is 9.84 Å². The summed E-state index contributed by atoms with van der Waals surface area (Å²) in [7, 11) is -3.52. The molecule has 2 aromatic rings. The van der Waals surface area contributed by atoms with Gasteiger partial charge in [0.1, 0.15) is 23.7 Å². The van der Waals surface area contributed by atoms with Crippen LogP contribution in [0.3, 0.4) is 0 Å². The van der Waals surface area contributed by atoms with E-state index in [4.69, 9.17) is 9.84 Å². The minimum absolute atomic E-state index is 0.0901. The number of aromatic carboxylic acids is 1. The second-order valence-electron chi connectivity index (χ2n) is 7.02. The molecule has 150 valence electrons. The van der Waals surface area contributed by atoms with E-state index in [9.17, 15) is 18.3 Å². The Balaban J connectivity index is 1.69. The highest BCUT2D eigenvalue weighted by Gasteiger charge is 2.24. The second kappa shape index (κ2) is 8.65. The van der Waals surface area contributed by atoms with Gasteiger partial charge in [-0.25, -0.2) is 13.2 Å². The first-order valence-corrected chi connectivity index (χ1v) is 11.0. The van der Waals surface area contributed by atoms with Gasteiger partial charge in [-0.2, -0.15) is 0 Å². The molecule has 2 aromatic carbocycles. The topological polar surface area (TPSA) is 101 Å². The van der Waals surface area contributed by atoms with Gasteiger partial charge in [-0.15, -0.1) is 0 Å². The van der Waals surface area contributed by atoms with Gasteiger partial charge >= 0.3 is 5.97 Å². The lowest BCUT2D eigenvalue weighted by Crippen LogP contribution is -2.17. The van der Waals surface area contributed by atoms with Crippen molar-refractivity contribution in [3.05, 3.63) is 53.6 Å². The number of hydrogen-bond donors (Lipinski definition) is 2.